The van der Waals surface area contributed by atoms with Gasteiger partial charge in [0.15, 0.2) is 0 Å². The van der Waals surface area contributed by atoms with Gasteiger partial charge >= 0.3 is 5.97 Å². The maximum Gasteiger partial charge on any atom is 0.332 e. The van der Waals surface area contributed by atoms with Crippen molar-refractivity contribution in [2.45, 2.75) is 18.8 Å². The highest BCUT2D eigenvalue weighted by molar-refractivity contribution is 5.88. The Kier molecular flexibility index (Phi) is 5.69. The van der Waals surface area contributed by atoms with Crippen molar-refractivity contribution in [1.82, 2.24) is 15.3 Å². The van der Waals surface area contributed by atoms with Crippen LogP contribution in [0.25, 0.3) is 6.08 Å². The highest BCUT2D eigenvalue weighted by Crippen LogP contribution is 2.34. The molecule has 1 atom stereocenters. The van der Waals surface area contributed by atoms with E-state index >= 15 is 0 Å². The molecule has 1 unspecified atom stereocenters. The van der Waals surface area contributed by atoms with E-state index in [4.69, 9.17) is 0 Å². The molecule has 0 fully saturated rings. The molecule has 0 saturated carbocycles. The Morgan fingerprint density at radius 1 is 1.28 bits per heavy atom. The SMILES string of the molecule is O=C(O)C1=C(C(CC=Cc2cnccn2)c2ccccc2)CCNC1. The standard InChI is InChI=1S/C20H21N3O2/c24-20(25)19-14-21-10-9-18(19)17(15-5-2-1-3-6-15)8-4-7-16-13-22-11-12-23-16/h1-7,11-13,17,21H,8-10,14H2,(H,24,25). The van der Waals surface area contributed by atoms with E-state index in [-0.39, 0.29) is 5.92 Å². The molecule has 0 bridgehead atoms. The third kappa shape index (κ3) is 4.39. The van der Waals surface area contributed by atoms with Crippen LogP contribution in [0.2, 0.25) is 0 Å². The first kappa shape index (κ1) is 17.0. The normalized spacial score (nSPS) is 16.2. The summed E-state index contributed by atoms with van der Waals surface area (Å²) >= 11 is 0. The van der Waals surface area contributed by atoms with Crippen molar-refractivity contribution in [1.29, 1.82) is 0 Å². The second kappa shape index (κ2) is 8.35. The van der Waals surface area contributed by atoms with Crippen molar-refractivity contribution in [3.8, 4) is 0 Å². The van der Waals surface area contributed by atoms with Crippen LogP contribution in [0.4, 0.5) is 0 Å². The van der Waals surface area contributed by atoms with E-state index in [1.54, 1.807) is 18.6 Å². The number of carboxylic acid groups (broad SMARTS) is 1. The molecule has 2 heterocycles. The maximum absolute atomic E-state index is 11.7. The van der Waals surface area contributed by atoms with Gasteiger partial charge in [0.2, 0.25) is 0 Å². The zero-order valence-corrected chi connectivity index (χ0v) is 13.9. The summed E-state index contributed by atoms with van der Waals surface area (Å²) in [6, 6.07) is 10.1. The lowest BCUT2D eigenvalue weighted by molar-refractivity contribution is -0.132. The highest BCUT2D eigenvalue weighted by atomic mass is 16.4. The van der Waals surface area contributed by atoms with Crippen molar-refractivity contribution < 1.29 is 9.90 Å². The van der Waals surface area contributed by atoms with E-state index in [1.165, 1.54) is 0 Å². The van der Waals surface area contributed by atoms with Gasteiger partial charge in [-0.1, -0.05) is 36.4 Å². The Hall–Kier alpha value is -2.79. The predicted molar refractivity (Wildman–Crippen MR) is 97.0 cm³/mol. The third-order valence-corrected chi connectivity index (χ3v) is 4.38. The molecule has 128 valence electrons. The third-order valence-electron chi connectivity index (χ3n) is 4.38. The quantitative estimate of drug-likeness (QED) is 0.849. The molecule has 25 heavy (non-hydrogen) atoms. The fraction of sp³-hybridized carbons (Fsp3) is 0.250. The summed E-state index contributed by atoms with van der Waals surface area (Å²) in [7, 11) is 0. The summed E-state index contributed by atoms with van der Waals surface area (Å²) in [5.41, 5.74) is 3.45. The zero-order chi connectivity index (χ0) is 17.5. The van der Waals surface area contributed by atoms with E-state index in [1.807, 2.05) is 24.3 Å². The van der Waals surface area contributed by atoms with E-state index in [2.05, 4.69) is 33.5 Å². The van der Waals surface area contributed by atoms with Gasteiger partial charge in [-0.05, 0) is 36.6 Å². The smallest absolute Gasteiger partial charge is 0.332 e. The van der Waals surface area contributed by atoms with Crippen LogP contribution >= 0.6 is 0 Å². The number of nitrogens with one attached hydrogen (secondary N) is 1. The first-order valence-corrected chi connectivity index (χ1v) is 8.39. The van der Waals surface area contributed by atoms with Crippen molar-refractivity contribution in [3.63, 3.8) is 0 Å². The van der Waals surface area contributed by atoms with Gasteiger partial charge in [0, 0.05) is 24.9 Å². The Balaban J connectivity index is 1.90. The summed E-state index contributed by atoms with van der Waals surface area (Å²) in [5, 5.41) is 12.7. The lowest BCUT2D eigenvalue weighted by Crippen LogP contribution is -2.30. The molecule has 1 aromatic heterocycles. The van der Waals surface area contributed by atoms with Gasteiger partial charge < -0.3 is 10.4 Å². The average Bonchev–Trinajstić information content (AvgIpc) is 2.67. The number of rotatable bonds is 6. The zero-order valence-electron chi connectivity index (χ0n) is 13.9. The van der Waals surface area contributed by atoms with E-state index in [0.29, 0.717) is 12.1 Å². The molecule has 0 aliphatic carbocycles. The van der Waals surface area contributed by atoms with Crippen LogP contribution in [0.15, 0.2) is 66.1 Å². The van der Waals surface area contributed by atoms with Crippen LogP contribution in [-0.2, 0) is 4.79 Å². The van der Waals surface area contributed by atoms with Crippen LogP contribution in [-0.4, -0.2) is 34.1 Å². The Bertz CT molecular complexity index is 770. The topological polar surface area (TPSA) is 75.1 Å². The molecule has 0 saturated heterocycles. The van der Waals surface area contributed by atoms with Crippen molar-refractivity contribution in [3.05, 3.63) is 77.4 Å². The number of aromatic nitrogens is 2. The van der Waals surface area contributed by atoms with Crippen molar-refractivity contribution >= 4 is 12.0 Å². The molecular formula is C20H21N3O2. The number of hydrogen-bond acceptors (Lipinski definition) is 4. The minimum atomic E-state index is -0.832. The summed E-state index contributed by atoms with van der Waals surface area (Å²) in [6.45, 7) is 1.23. The summed E-state index contributed by atoms with van der Waals surface area (Å²) in [4.78, 5) is 20.0. The first-order chi connectivity index (χ1) is 12.3. The fourth-order valence-corrected chi connectivity index (χ4v) is 3.18. The summed E-state index contributed by atoms with van der Waals surface area (Å²) in [5.74, 6) is -0.775. The molecule has 2 aromatic rings. The number of nitrogens with zero attached hydrogens (tertiary/aromatic N) is 2. The van der Waals surface area contributed by atoms with Crippen molar-refractivity contribution in [2.24, 2.45) is 0 Å². The van der Waals surface area contributed by atoms with Gasteiger partial charge in [0.05, 0.1) is 17.5 Å². The summed E-state index contributed by atoms with van der Waals surface area (Å²) < 4.78 is 0. The van der Waals surface area contributed by atoms with Gasteiger partial charge in [-0.25, -0.2) is 4.79 Å². The minimum absolute atomic E-state index is 0.0577. The first-order valence-electron chi connectivity index (χ1n) is 8.39. The fourth-order valence-electron chi connectivity index (χ4n) is 3.18. The monoisotopic (exact) mass is 335 g/mol. The Morgan fingerprint density at radius 2 is 2.12 bits per heavy atom. The number of carbonyl (C=O) groups is 1. The number of aliphatic carboxylic acids is 1. The molecule has 1 aliphatic rings. The summed E-state index contributed by atoms with van der Waals surface area (Å²) in [6.07, 6.45) is 10.5. The van der Waals surface area contributed by atoms with Crippen LogP contribution in [0.5, 0.6) is 0 Å². The van der Waals surface area contributed by atoms with Crippen molar-refractivity contribution in [2.75, 3.05) is 13.1 Å². The van der Waals surface area contributed by atoms with Crippen LogP contribution in [0.1, 0.15) is 30.0 Å². The van der Waals surface area contributed by atoms with E-state index in [9.17, 15) is 9.90 Å². The van der Waals surface area contributed by atoms with Crippen LogP contribution in [0.3, 0.4) is 0 Å². The Morgan fingerprint density at radius 3 is 2.84 bits per heavy atom. The minimum Gasteiger partial charge on any atom is -0.478 e. The molecular weight excluding hydrogens is 314 g/mol. The molecule has 0 spiro atoms. The number of hydrogen-bond donors (Lipinski definition) is 2. The average molecular weight is 335 g/mol. The molecule has 0 amide bonds. The van der Waals surface area contributed by atoms with Gasteiger partial charge in [-0.3, -0.25) is 9.97 Å². The van der Waals surface area contributed by atoms with E-state index < -0.39 is 5.97 Å². The van der Waals surface area contributed by atoms with Crippen LogP contribution in [0, 0.1) is 0 Å². The highest BCUT2D eigenvalue weighted by Gasteiger charge is 2.25. The van der Waals surface area contributed by atoms with Gasteiger partial charge in [-0.15, -0.1) is 0 Å². The van der Waals surface area contributed by atoms with E-state index in [0.717, 1.165) is 36.2 Å². The maximum atomic E-state index is 11.7. The Labute approximate surface area is 147 Å². The molecule has 5 heteroatoms. The molecule has 3 rings (SSSR count). The molecule has 1 aromatic carbocycles. The molecule has 5 nitrogen and oxygen atoms in total. The largest absolute Gasteiger partial charge is 0.478 e. The molecule has 0 radical (unpaired) electrons. The van der Waals surface area contributed by atoms with Gasteiger partial charge in [0.1, 0.15) is 0 Å². The lowest BCUT2D eigenvalue weighted by atomic mass is 9.82. The molecule has 2 N–H and O–H groups in total. The second-order valence-electron chi connectivity index (χ2n) is 5.97. The van der Waals surface area contributed by atoms with Crippen LogP contribution < -0.4 is 5.32 Å². The second-order valence-corrected chi connectivity index (χ2v) is 5.97. The molecule has 1 aliphatic heterocycles. The van der Waals surface area contributed by atoms with Gasteiger partial charge in [0.25, 0.3) is 0 Å². The number of benzene rings is 1. The number of allylic oxidation sites excluding steroid dienone is 1. The number of carboxylic acids is 1. The van der Waals surface area contributed by atoms with Gasteiger partial charge in [-0.2, -0.15) is 0 Å². The predicted octanol–water partition coefficient (Wildman–Crippen LogP) is 3.04. The lowest BCUT2D eigenvalue weighted by Gasteiger charge is -2.26.